The number of carbonyl (C=O) groups excluding carboxylic acids is 1. The second-order valence-corrected chi connectivity index (χ2v) is 5.93. The van der Waals surface area contributed by atoms with Crippen molar-refractivity contribution in [3.05, 3.63) is 47.4 Å². The Kier molecular flexibility index (Phi) is 6.60. The molecular formula is C17H23FN4O3. The van der Waals surface area contributed by atoms with Crippen molar-refractivity contribution < 1.29 is 18.4 Å². The van der Waals surface area contributed by atoms with E-state index in [1.807, 2.05) is 0 Å². The number of nitrogens with zero attached hydrogens (tertiary/aromatic N) is 4. The van der Waals surface area contributed by atoms with Crippen molar-refractivity contribution in [1.29, 1.82) is 0 Å². The lowest BCUT2D eigenvalue weighted by atomic mass is 10.0. The largest absolute Gasteiger partial charge is 0.384 e. The number of halogens is 1. The molecule has 1 heterocycles. The number of amides is 1. The highest BCUT2D eigenvalue weighted by molar-refractivity contribution is 5.83. The van der Waals surface area contributed by atoms with Gasteiger partial charge in [0.2, 0.25) is 11.8 Å². The maximum absolute atomic E-state index is 14.1. The van der Waals surface area contributed by atoms with Gasteiger partial charge in [-0.1, -0.05) is 23.4 Å². The smallest absolute Gasteiger partial charge is 0.246 e. The zero-order chi connectivity index (χ0) is 18.4. The van der Waals surface area contributed by atoms with E-state index in [0.29, 0.717) is 30.3 Å². The van der Waals surface area contributed by atoms with Gasteiger partial charge in [-0.25, -0.2) is 4.39 Å². The molecule has 7 nitrogen and oxygen atoms in total. The molecule has 2 rings (SSSR count). The number of aromatic nitrogens is 2. The van der Waals surface area contributed by atoms with Gasteiger partial charge in [-0.15, -0.1) is 0 Å². The molecule has 0 aliphatic heterocycles. The molecule has 1 atom stereocenters. The highest BCUT2D eigenvalue weighted by atomic mass is 19.1. The summed E-state index contributed by atoms with van der Waals surface area (Å²) in [6.45, 7) is 0.640. The number of methoxy groups -OCH3 is 1. The summed E-state index contributed by atoms with van der Waals surface area (Å²) in [4.78, 5) is 20.2. The number of likely N-dealkylation sites (N-methyl/N-ethyl adjacent to an activating group) is 2. The fourth-order valence-corrected chi connectivity index (χ4v) is 2.47. The molecule has 25 heavy (non-hydrogen) atoms. The van der Waals surface area contributed by atoms with E-state index in [1.54, 1.807) is 51.4 Å². The molecule has 2 aromatic rings. The Morgan fingerprint density at radius 2 is 2.04 bits per heavy atom. The summed E-state index contributed by atoms with van der Waals surface area (Å²) in [7, 11) is 6.69. The van der Waals surface area contributed by atoms with Crippen molar-refractivity contribution >= 4 is 5.91 Å². The third kappa shape index (κ3) is 4.83. The van der Waals surface area contributed by atoms with Crippen LogP contribution in [-0.4, -0.2) is 60.7 Å². The summed E-state index contributed by atoms with van der Waals surface area (Å²) in [6.07, 6.45) is 0.535. The predicted molar refractivity (Wildman–Crippen MR) is 89.2 cm³/mol. The van der Waals surface area contributed by atoms with Crippen LogP contribution in [0.2, 0.25) is 0 Å². The Balaban J connectivity index is 2.11. The first-order valence-corrected chi connectivity index (χ1v) is 7.90. The van der Waals surface area contributed by atoms with Crippen LogP contribution in [0, 0.1) is 5.82 Å². The Labute approximate surface area is 146 Å². The molecule has 0 N–H and O–H groups in total. The first-order chi connectivity index (χ1) is 11.9. The highest BCUT2D eigenvalue weighted by Crippen LogP contribution is 2.23. The van der Waals surface area contributed by atoms with Crippen LogP contribution in [0.25, 0.3) is 0 Å². The SMILES string of the molecule is COCCc1noc(CN(C)C(=O)C(c2ccccc2F)N(C)C)n1. The van der Waals surface area contributed by atoms with Gasteiger partial charge in [0, 0.05) is 26.1 Å². The normalized spacial score (nSPS) is 12.4. The van der Waals surface area contributed by atoms with Crippen molar-refractivity contribution in [1.82, 2.24) is 19.9 Å². The van der Waals surface area contributed by atoms with Crippen LogP contribution in [-0.2, 0) is 22.5 Å². The lowest BCUT2D eigenvalue weighted by Gasteiger charge is -2.28. The number of hydrogen-bond acceptors (Lipinski definition) is 6. The van der Waals surface area contributed by atoms with Crippen LogP contribution in [0.5, 0.6) is 0 Å². The number of rotatable bonds is 8. The quantitative estimate of drug-likeness (QED) is 0.721. The second kappa shape index (κ2) is 8.68. The van der Waals surface area contributed by atoms with Crippen LogP contribution < -0.4 is 0 Å². The van der Waals surface area contributed by atoms with Gasteiger partial charge in [-0.3, -0.25) is 9.69 Å². The summed E-state index contributed by atoms with van der Waals surface area (Å²) in [5, 5.41) is 3.84. The van der Waals surface area contributed by atoms with Gasteiger partial charge in [0.15, 0.2) is 5.82 Å². The van der Waals surface area contributed by atoms with Gasteiger partial charge in [0.25, 0.3) is 0 Å². The maximum atomic E-state index is 14.1. The zero-order valence-electron chi connectivity index (χ0n) is 14.9. The van der Waals surface area contributed by atoms with E-state index in [-0.39, 0.29) is 12.5 Å². The van der Waals surface area contributed by atoms with E-state index < -0.39 is 11.9 Å². The van der Waals surface area contributed by atoms with E-state index in [4.69, 9.17) is 9.26 Å². The first kappa shape index (κ1) is 19.0. The van der Waals surface area contributed by atoms with Gasteiger partial charge in [0.1, 0.15) is 11.9 Å². The fraction of sp³-hybridized carbons (Fsp3) is 0.471. The monoisotopic (exact) mass is 350 g/mol. The molecule has 8 heteroatoms. The molecular weight excluding hydrogens is 327 g/mol. The van der Waals surface area contributed by atoms with Gasteiger partial charge in [0.05, 0.1) is 13.2 Å². The second-order valence-electron chi connectivity index (χ2n) is 5.93. The molecule has 0 saturated carbocycles. The molecule has 0 spiro atoms. The predicted octanol–water partition coefficient (Wildman–Crippen LogP) is 1.66. The molecule has 1 aromatic heterocycles. The lowest BCUT2D eigenvalue weighted by Crippen LogP contribution is -2.38. The third-order valence-corrected chi connectivity index (χ3v) is 3.74. The molecule has 1 unspecified atom stereocenters. The van der Waals surface area contributed by atoms with Gasteiger partial charge in [-0.05, 0) is 20.2 Å². The van der Waals surface area contributed by atoms with Crippen LogP contribution >= 0.6 is 0 Å². The van der Waals surface area contributed by atoms with E-state index in [1.165, 1.54) is 11.0 Å². The molecule has 0 fully saturated rings. The molecule has 0 bridgehead atoms. The van der Waals surface area contributed by atoms with Crippen molar-refractivity contribution in [3.63, 3.8) is 0 Å². The third-order valence-electron chi connectivity index (χ3n) is 3.74. The lowest BCUT2D eigenvalue weighted by molar-refractivity contribution is -0.136. The standard InChI is InChI=1S/C17H23FN4O3/c1-21(2)16(12-7-5-6-8-13(12)18)17(23)22(3)11-15-19-14(20-25-15)9-10-24-4/h5-8,16H,9-11H2,1-4H3. The average molecular weight is 350 g/mol. The summed E-state index contributed by atoms with van der Waals surface area (Å²) in [5.41, 5.74) is 0.329. The molecule has 1 amide bonds. The Morgan fingerprint density at radius 1 is 1.32 bits per heavy atom. The van der Waals surface area contributed by atoms with Gasteiger partial charge >= 0.3 is 0 Å². The minimum atomic E-state index is -0.734. The molecule has 136 valence electrons. The van der Waals surface area contributed by atoms with Crippen LogP contribution in [0.3, 0.4) is 0 Å². The first-order valence-electron chi connectivity index (χ1n) is 7.90. The van der Waals surface area contributed by atoms with E-state index in [0.717, 1.165) is 0 Å². The number of carbonyl (C=O) groups is 1. The minimum Gasteiger partial charge on any atom is -0.384 e. The van der Waals surface area contributed by atoms with E-state index in [9.17, 15) is 9.18 Å². The Bertz CT molecular complexity index is 705. The number of ether oxygens (including phenoxy) is 1. The summed E-state index contributed by atoms with van der Waals surface area (Å²) in [5.74, 6) is 0.179. The Hall–Kier alpha value is -2.32. The van der Waals surface area contributed by atoms with Crippen LogP contribution in [0.1, 0.15) is 23.3 Å². The van der Waals surface area contributed by atoms with Crippen molar-refractivity contribution in [2.24, 2.45) is 0 Å². The van der Waals surface area contributed by atoms with Gasteiger partial charge in [-0.2, -0.15) is 4.98 Å². The van der Waals surface area contributed by atoms with E-state index in [2.05, 4.69) is 10.1 Å². The van der Waals surface area contributed by atoms with Gasteiger partial charge < -0.3 is 14.2 Å². The molecule has 1 aromatic carbocycles. The van der Waals surface area contributed by atoms with Crippen molar-refractivity contribution in [2.45, 2.75) is 19.0 Å². The highest BCUT2D eigenvalue weighted by Gasteiger charge is 2.29. The molecule has 0 radical (unpaired) electrons. The maximum Gasteiger partial charge on any atom is 0.246 e. The summed E-state index contributed by atoms with van der Waals surface area (Å²) < 4.78 is 24.2. The van der Waals surface area contributed by atoms with Crippen molar-refractivity contribution in [2.75, 3.05) is 34.9 Å². The topological polar surface area (TPSA) is 71.7 Å². The van der Waals surface area contributed by atoms with Crippen LogP contribution in [0.4, 0.5) is 4.39 Å². The zero-order valence-corrected chi connectivity index (χ0v) is 14.9. The fourth-order valence-electron chi connectivity index (χ4n) is 2.47. The van der Waals surface area contributed by atoms with E-state index >= 15 is 0 Å². The molecule has 0 aliphatic rings. The Morgan fingerprint density at radius 3 is 2.68 bits per heavy atom. The van der Waals surface area contributed by atoms with Crippen LogP contribution in [0.15, 0.2) is 28.8 Å². The minimum absolute atomic E-state index is 0.150. The molecule has 0 aliphatic carbocycles. The number of benzene rings is 1. The average Bonchev–Trinajstić information content (AvgIpc) is 3.01. The number of hydrogen-bond donors (Lipinski definition) is 0. The summed E-state index contributed by atoms with van der Waals surface area (Å²) in [6, 6.07) is 5.53. The van der Waals surface area contributed by atoms with Crippen molar-refractivity contribution in [3.8, 4) is 0 Å². The molecule has 0 saturated heterocycles. The summed E-state index contributed by atoms with van der Waals surface area (Å²) >= 11 is 0.